The van der Waals surface area contributed by atoms with E-state index >= 15 is 0 Å². The number of carbonyl (C=O) groups excluding carboxylic acids is 1. The van der Waals surface area contributed by atoms with Gasteiger partial charge in [0.15, 0.2) is 0 Å². The molecule has 0 saturated carbocycles. The summed E-state index contributed by atoms with van der Waals surface area (Å²) in [5, 5.41) is 2.95. The number of amides is 1. The first kappa shape index (κ1) is 15.0. The van der Waals surface area contributed by atoms with Crippen LogP contribution in [0.25, 0.3) is 0 Å². The van der Waals surface area contributed by atoms with Crippen molar-refractivity contribution in [3.8, 4) is 0 Å². The third-order valence-electron chi connectivity index (χ3n) is 4.10. The van der Waals surface area contributed by atoms with Crippen LogP contribution < -0.4 is 11.1 Å². The largest absolute Gasteiger partial charge is 0.326 e. The van der Waals surface area contributed by atoms with Crippen molar-refractivity contribution in [1.82, 2.24) is 4.90 Å². The number of hydrogen-bond acceptors (Lipinski definition) is 3. The summed E-state index contributed by atoms with van der Waals surface area (Å²) >= 11 is 0. The maximum absolute atomic E-state index is 12.0. The maximum Gasteiger partial charge on any atom is 0.238 e. The number of carbonyl (C=O) groups is 1. The topological polar surface area (TPSA) is 58.4 Å². The standard InChI is InChI=1S/C16H25N3O/c1-2-13-6-8-19(9-7-13)12-16(20)18-15-5-3-4-14(10-15)11-17/h3-5,10,13H,2,6-9,11-12,17H2,1H3,(H,18,20). The van der Waals surface area contributed by atoms with Gasteiger partial charge in [-0.1, -0.05) is 25.5 Å². The Morgan fingerprint density at radius 2 is 2.15 bits per heavy atom. The van der Waals surface area contributed by atoms with Crippen LogP contribution in [0.3, 0.4) is 0 Å². The SMILES string of the molecule is CCC1CCN(CC(=O)Nc2cccc(CN)c2)CC1. The molecule has 1 aliphatic rings. The van der Waals surface area contributed by atoms with E-state index in [0.717, 1.165) is 30.3 Å². The molecule has 4 heteroatoms. The lowest BCUT2D eigenvalue weighted by Crippen LogP contribution is -2.39. The van der Waals surface area contributed by atoms with E-state index in [9.17, 15) is 4.79 Å². The highest BCUT2D eigenvalue weighted by atomic mass is 16.2. The lowest BCUT2D eigenvalue weighted by molar-refractivity contribution is -0.117. The highest BCUT2D eigenvalue weighted by molar-refractivity contribution is 5.92. The van der Waals surface area contributed by atoms with Gasteiger partial charge in [0.1, 0.15) is 0 Å². The van der Waals surface area contributed by atoms with Gasteiger partial charge >= 0.3 is 0 Å². The smallest absolute Gasteiger partial charge is 0.238 e. The minimum Gasteiger partial charge on any atom is -0.326 e. The van der Waals surface area contributed by atoms with Crippen molar-refractivity contribution in [1.29, 1.82) is 0 Å². The fraction of sp³-hybridized carbons (Fsp3) is 0.562. The molecule has 2 rings (SSSR count). The van der Waals surface area contributed by atoms with Gasteiger partial charge in [-0.05, 0) is 49.5 Å². The molecule has 1 aliphatic heterocycles. The molecular formula is C16H25N3O. The minimum atomic E-state index is 0.0640. The van der Waals surface area contributed by atoms with Crippen LogP contribution in [0.4, 0.5) is 5.69 Å². The average molecular weight is 275 g/mol. The molecule has 1 saturated heterocycles. The molecule has 1 heterocycles. The number of nitrogens with zero attached hydrogens (tertiary/aromatic N) is 1. The van der Waals surface area contributed by atoms with Gasteiger partial charge in [-0.15, -0.1) is 0 Å². The van der Waals surface area contributed by atoms with Crippen molar-refractivity contribution < 1.29 is 4.79 Å². The fourth-order valence-electron chi connectivity index (χ4n) is 2.73. The van der Waals surface area contributed by atoms with E-state index in [-0.39, 0.29) is 5.91 Å². The Bertz CT molecular complexity index is 439. The predicted octanol–water partition coefficient (Wildman–Crippen LogP) is 2.21. The van der Waals surface area contributed by atoms with Gasteiger partial charge in [-0.3, -0.25) is 9.69 Å². The van der Waals surface area contributed by atoms with Gasteiger partial charge in [0.05, 0.1) is 6.54 Å². The summed E-state index contributed by atoms with van der Waals surface area (Å²) in [6.07, 6.45) is 3.69. The van der Waals surface area contributed by atoms with Crippen molar-refractivity contribution >= 4 is 11.6 Å². The van der Waals surface area contributed by atoms with Crippen molar-refractivity contribution in [2.45, 2.75) is 32.7 Å². The summed E-state index contributed by atoms with van der Waals surface area (Å²) in [7, 11) is 0. The van der Waals surface area contributed by atoms with Crippen molar-refractivity contribution in [3.05, 3.63) is 29.8 Å². The minimum absolute atomic E-state index is 0.0640. The lowest BCUT2D eigenvalue weighted by atomic mass is 9.94. The molecule has 1 amide bonds. The number of piperidine rings is 1. The molecule has 0 aromatic heterocycles. The lowest BCUT2D eigenvalue weighted by Gasteiger charge is -2.30. The molecule has 110 valence electrons. The number of nitrogens with two attached hydrogens (primary N) is 1. The fourth-order valence-corrected chi connectivity index (χ4v) is 2.73. The van der Waals surface area contributed by atoms with Gasteiger partial charge in [0, 0.05) is 12.2 Å². The first-order valence-corrected chi connectivity index (χ1v) is 7.52. The number of rotatable bonds is 5. The van der Waals surface area contributed by atoms with Crippen LogP contribution in [0.1, 0.15) is 31.7 Å². The molecule has 0 bridgehead atoms. The molecule has 0 radical (unpaired) electrons. The van der Waals surface area contributed by atoms with Gasteiger partial charge in [0.2, 0.25) is 5.91 Å². The molecule has 1 fully saturated rings. The van der Waals surface area contributed by atoms with E-state index in [4.69, 9.17) is 5.73 Å². The van der Waals surface area contributed by atoms with Gasteiger partial charge in [-0.2, -0.15) is 0 Å². The van der Waals surface area contributed by atoms with Crippen LogP contribution in [0.5, 0.6) is 0 Å². The van der Waals surface area contributed by atoms with E-state index in [1.807, 2.05) is 24.3 Å². The van der Waals surface area contributed by atoms with E-state index in [1.54, 1.807) is 0 Å². The second kappa shape index (κ2) is 7.41. The number of likely N-dealkylation sites (tertiary alicyclic amines) is 1. The number of anilines is 1. The number of hydrogen-bond donors (Lipinski definition) is 2. The Balaban J connectivity index is 1.80. The first-order chi connectivity index (χ1) is 9.71. The zero-order valence-corrected chi connectivity index (χ0v) is 12.3. The molecule has 1 aromatic carbocycles. The third kappa shape index (κ3) is 4.32. The predicted molar refractivity (Wildman–Crippen MR) is 82.4 cm³/mol. The summed E-state index contributed by atoms with van der Waals surface area (Å²) in [6.45, 7) is 5.30. The van der Waals surface area contributed by atoms with Crippen LogP contribution in [-0.4, -0.2) is 30.4 Å². The molecule has 3 N–H and O–H groups in total. The van der Waals surface area contributed by atoms with Gasteiger partial charge < -0.3 is 11.1 Å². The van der Waals surface area contributed by atoms with Crippen LogP contribution in [0.2, 0.25) is 0 Å². The molecule has 20 heavy (non-hydrogen) atoms. The van der Waals surface area contributed by atoms with Crippen molar-refractivity contribution in [3.63, 3.8) is 0 Å². The van der Waals surface area contributed by atoms with Crippen molar-refractivity contribution in [2.75, 3.05) is 25.0 Å². The summed E-state index contributed by atoms with van der Waals surface area (Å²) in [5.74, 6) is 0.907. The summed E-state index contributed by atoms with van der Waals surface area (Å²) < 4.78 is 0. The van der Waals surface area contributed by atoms with E-state index in [1.165, 1.54) is 19.3 Å². The van der Waals surface area contributed by atoms with E-state index in [0.29, 0.717) is 13.1 Å². The first-order valence-electron chi connectivity index (χ1n) is 7.52. The zero-order valence-electron chi connectivity index (χ0n) is 12.3. The maximum atomic E-state index is 12.0. The molecule has 4 nitrogen and oxygen atoms in total. The zero-order chi connectivity index (χ0) is 14.4. The second-order valence-electron chi connectivity index (χ2n) is 5.58. The van der Waals surface area contributed by atoms with E-state index < -0.39 is 0 Å². The molecule has 1 aromatic rings. The third-order valence-corrected chi connectivity index (χ3v) is 4.10. The van der Waals surface area contributed by atoms with E-state index in [2.05, 4.69) is 17.1 Å². The monoisotopic (exact) mass is 275 g/mol. The quantitative estimate of drug-likeness (QED) is 0.866. The van der Waals surface area contributed by atoms with Crippen LogP contribution in [0.15, 0.2) is 24.3 Å². The van der Waals surface area contributed by atoms with Gasteiger partial charge in [-0.25, -0.2) is 0 Å². The molecule has 0 spiro atoms. The second-order valence-corrected chi connectivity index (χ2v) is 5.58. The van der Waals surface area contributed by atoms with Gasteiger partial charge in [0.25, 0.3) is 0 Å². The summed E-state index contributed by atoms with van der Waals surface area (Å²) in [6, 6.07) is 7.72. The van der Waals surface area contributed by atoms with Crippen LogP contribution in [-0.2, 0) is 11.3 Å². The molecule has 0 atom stereocenters. The molecular weight excluding hydrogens is 250 g/mol. The van der Waals surface area contributed by atoms with Crippen LogP contribution in [0, 0.1) is 5.92 Å². The summed E-state index contributed by atoms with van der Waals surface area (Å²) in [5.41, 5.74) is 7.47. The highest BCUT2D eigenvalue weighted by Gasteiger charge is 2.19. The average Bonchev–Trinajstić information content (AvgIpc) is 2.48. The molecule has 0 unspecified atom stereocenters. The summed E-state index contributed by atoms with van der Waals surface area (Å²) in [4.78, 5) is 14.3. The Morgan fingerprint density at radius 1 is 1.40 bits per heavy atom. The normalized spacial score (nSPS) is 17.1. The van der Waals surface area contributed by atoms with Crippen LogP contribution >= 0.6 is 0 Å². The Labute approximate surface area is 121 Å². The number of nitrogens with one attached hydrogen (secondary N) is 1. The molecule has 0 aliphatic carbocycles. The Kier molecular flexibility index (Phi) is 5.56. The van der Waals surface area contributed by atoms with Crippen molar-refractivity contribution in [2.24, 2.45) is 11.7 Å². The number of benzene rings is 1. The Morgan fingerprint density at radius 3 is 2.80 bits per heavy atom. The Hall–Kier alpha value is -1.39. The highest BCUT2D eigenvalue weighted by Crippen LogP contribution is 2.19.